The molecule has 0 spiro atoms. The third-order valence-electron chi connectivity index (χ3n) is 4.15. The summed E-state index contributed by atoms with van der Waals surface area (Å²) in [6.45, 7) is 0.382. The Morgan fingerprint density at radius 3 is 2.59 bits per heavy atom. The van der Waals surface area contributed by atoms with Crippen molar-refractivity contribution >= 4 is 24.0 Å². The second-order valence-electron chi connectivity index (χ2n) is 5.95. The molecule has 1 aliphatic heterocycles. The van der Waals surface area contributed by atoms with E-state index in [-0.39, 0.29) is 30.2 Å². The first kappa shape index (κ1) is 21.0. The molecule has 0 radical (unpaired) electrons. The highest BCUT2D eigenvalue weighted by molar-refractivity contribution is 5.94. The zero-order valence-electron chi connectivity index (χ0n) is 14.8. The maximum absolute atomic E-state index is 14.4. The van der Waals surface area contributed by atoms with Crippen LogP contribution in [-0.2, 0) is 9.53 Å². The van der Waals surface area contributed by atoms with Crippen LogP contribution in [-0.4, -0.2) is 31.8 Å². The summed E-state index contributed by atoms with van der Waals surface area (Å²) in [4.78, 5) is 12.2. The van der Waals surface area contributed by atoms with Crippen molar-refractivity contribution in [2.75, 3.05) is 19.0 Å². The minimum atomic E-state index is -0.596. The molecule has 0 unspecified atom stereocenters. The van der Waals surface area contributed by atoms with Gasteiger partial charge in [0.2, 0.25) is 0 Å². The van der Waals surface area contributed by atoms with Gasteiger partial charge >= 0.3 is 0 Å². The largest absolute Gasteiger partial charge is 0.493 e. The Morgan fingerprint density at radius 1 is 1.22 bits per heavy atom. The molecule has 3 rings (SSSR count). The summed E-state index contributed by atoms with van der Waals surface area (Å²) in [5.41, 5.74) is 5.87. The van der Waals surface area contributed by atoms with Crippen molar-refractivity contribution in [3.63, 3.8) is 0 Å². The lowest BCUT2D eigenvalue weighted by molar-refractivity contribution is -0.126. The monoisotopic (exact) mass is 396 g/mol. The summed E-state index contributed by atoms with van der Waals surface area (Å²) >= 11 is 0. The Balaban J connectivity index is 0.00000261. The van der Waals surface area contributed by atoms with E-state index in [0.717, 1.165) is 6.42 Å². The van der Waals surface area contributed by atoms with Gasteiger partial charge in [0, 0.05) is 18.3 Å². The highest BCUT2D eigenvalue weighted by Crippen LogP contribution is 2.33. The average molecular weight is 397 g/mol. The topological polar surface area (TPSA) is 82.8 Å². The molecule has 0 aromatic heterocycles. The number of hydrogen-bond acceptors (Lipinski definition) is 5. The van der Waals surface area contributed by atoms with E-state index in [1.807, 2.05) is 0 Å². The van der Waals surface area contributed by atoms with Crippen molar-refractivity contribution in [2.24, 2.45) is 5.73 Å². The highest BCUT2D eigenvalue weighted by Gasteiger charge is 2.29. The predicted octanol–water partition coefficient (Wildman–Crippen LogP) is 3.49. The summed E-state index contributed by atoms with van der Waals surface area (Å²) in [6, 6.07) is 11.2. The zero-order chi connectivity index (χ0) is 18.5. The third kappa shape index (κ3) is 5.09. The van der Waals surface area contributed by atoms with Gasteiger partial charge in [0.05, 0.1) is 13.2 Å². The predicted molar refractivity (Wildman–Crippen MR) is 102 cm³/mol. The number of benzene rings is 2. The number of anilines is 1. The number of amides is 1. The molecule has 1 fully saturated rings. The van der Waals surface area contributed by atoms with Crippen molar-refractivity contribution in [2.45, 2.75) is 25.0 Å². The molecule has 2 aromatic rings. The summed E-state index contributed by atoms with van der Waals surface area (Å²) < 4.78 is 30.6. The molecule has 0 bridgehead atoms. The van der Waals surface area contributed by atoms with Crippen LogP contribution in [0.1, 0.15) is 12.8 Å². The van der Waals surface area contributed by atoms with Crippen LogP contribution >= 0.6 is 12.4 Å². The minimum Gasteiger partial charge on any atom is -0.493 e. The summed E-state index contributed by atoms with van der Waals surface area (Å²) in [5, 5.41) is 2.66. The molecule has 0 aliphatic carbocycles. The SMILES string of the molecule is COc1ccccc1Oc1ccc(NC(=O)[C@@H]2CC[C@H](CN)O2)cc1F.Cl. The van der Waals surface area contributed by atoms with Gasteiger partial charge in [0.15, 0.2) is 23.1 Å². The molecule has 1 amide bonds. The molecule has 0 saturated carbocycles. The van der Waals surface area contributed by atoms with Crippen LogP contribution in [0.5, 0.6) is 17.2 Å². The van der Waals surface area contributed by atoms with Crippen molar-refractivity contribution in [1.82, 2.24) is 0 Å². The number of methoxy groups -OCH3 is 1. The highest BCUT2D eigenvalue weighted by atomic mass is 35.5. The first-order chi connectivity index (χ1) is 12.6. The number of para-hydroxylation sites is 2. The number of hydrogen-bond donors (Lipinski definition) is 2. The van der Waals surface area contributed by atoms with Crippen molar-refractivity contribution in [3.8, 4) is 17.2 Å². The molecule has 1 heterocycles. The van der Waals surface area contributed by atoms with Crippen LogP contribution < -0.4 is 20.5 Å². The standard InChI is InChI=1S/C19H21FN2O4.ClH/c1-24-16-4-2-3-5-17(16)26-15-8-6-12(10-14(15)20)22-19(23)18-9-7-13(11-21)25-18;/h2-6,8,10,13,18H,7,9,11,21H2,1H3,(H,22,23);1H/t13-,18+;/m1./s1. The molecule has 2 aromatic carbocycles. The second kappa shape index (κ2) is 9.55. The molecule has 3 N–H and O–H groups in total. The van der Waals surface area contributed by atoms with Gasteiger partial charge in [0.25, 0.3) is 5.91 Å². The first-order valence-corrected chi connectivity index (χ1v) is 8.37. The van der Waals surface area contributed by atoms with Crippen LogP contribution in [0.15, 0.2) is 42.5 Å². The van der Waals surface area contributed by atoms with E-state index in [0.29, 0.717) is 30.2 Å². The van der Waals surface area contributed by atoms with E-state index in [2.05, 4.69) is 5.32 Å². The first-order valence-electron chi connectivity index (χ1n) is 8.37. The quantitative estimate of drug-likeness (QED) is 0.780. The normalized spacial score (nSPS) is 18.5. The maximum atomic E-state index is 14.4. The molecule has 1 saturated heterocycles. The van der Waals surface area contributed by atoms with Crippen LogP contribution in [0.3, 0.4) is 0 Å². The minimum absolute atomic E-state index is 0. The Hall–Kier alpha value is -2.35. The number of nitrogens with one attached hydrogen (secondary N) is 1. The molecular weight excluding hydrogens is 375 g/mol. The van der Waals surface area contributed by atoms with E-state index in [1.165, 1.54) is 19.2 Å². The fourth-order valence-corrected chi connectivity index (χ4v) is 2.78. The van der Waals surface area contributed by atoms with Gasteiger partial charge in [-0.15, -0.1) is 12.4 Å². The van der Waals surface area contributed by atoms with E-state index >= 15 is 0 Å². The number of ether oxygens (including phenoxy) is 3. The Kier molecular flexibility index (Phi) is 7.41. The smallest absolute Gasteiger partial charge is 0.253 e. The zero-order valence-corrected chi connectivity index (χ0v) is 15.6. The summed E-state index contributed by atoms with van der Waals surface area (Å²) in [7, 11) is 1.51. The lowest BCUT2D eigenvalue weighted by Gasteiger charge is -2.14. The number of carbonyl (C=O) groups is 1. The summed E-state index contributed by atoms with van der Waals surface area (Å²) in [6.07, 6.45) is 0.690. The van der Waals surface area contributed by atoms with E-state index in [1.54, 1.807) is 30.3 Å². The van der Waals surface area contributed by atoms with Gasteiger partial charge in [0.1, 0.15) is 6.10 Å². The Labute approximate surface area is 163 Å². The fourth-order valence-electron chi connectivity index (χ4n) is 2.78. The van der Waals surface area contributed by atoms with Crippen molar-refractivity contribution < 1.29 is 23.4 Å². The van der Waals surface area contributed by atoms with Gasteiger partial charge < -0.3 is 25.3 Å². The number of halogens is 2. The summed E-state index contributed by atoms with van der Waals surface area (Å²) in [5.74, 6) is 0.0300. The molecule has 2 atom stereocenters. The number of rotatable bonds is 6. The third-order valence-corrected chi connectivity index (χ3v) is 4.15. The molecule has 8 heteroatoms. The number of nitrogens with two attached hydrogens (primary N) is 1. The Morgan fingerprint density at radius 2 is 1.96 bits per heavy atom. The van der Waals surface area contributed by atoms with Crippen LogP contribution in [0.4, 0.5) is 10.1 Å². The van der Waals surface area contributed by atoms with E-state index in [9.17, 15) is 9.18 Å². The van der Waals surface area contributed by atoms with Crippen LogP contribution in [0.25, 0.3) is 0 Å². The van der Waals surface area contributed by atoms with Crippen molar-refractivity contribution in [1.29, 1.82) is 0 Å². The van der Waals surface area contributed by atoms with E-state index in [4.69, 9.17) is 19.9 Å². The maximum Gasteiger partial charge on any atom is 0.253 e. The van der Waals surface area contributed by atoms with Gasteiger partial charge in [-0.25, -0.2) is 4.39 Å². The average Bonchev–Trinajstić information content (AvgIpc) is 3.14. The lowest BCUT2D eigenvalue weighted by atomic mass is 10.2. The molecule has 6 nitrogen and oxygen atoms in total. The molecule has 1 aliphatic rings. The van der Waals surface area contributed by atoms with Gasteiger partial charge in [-0.3, -0.25) is 4.79 Å². The molecule has 27 heavy (non-hydrogen) atoms. The lowest BCUT2D eigenvalue weighted by Crippen LogP contribution is -2.29. The fraction of sp³-hybridized carbons (Fsp3) is 0.316. The van der Waals surface area contributed by atoms with Gasteiger partial charge in [-0.1, -0.05) is 12.1 Å². The van der Waals surface area contributed by atoms with Crippen LogP contribution in [0.2, 0.25) is 0 Å². The second-order valence-corrected chi connectivity index (χ2v) is 5.95. The van der Waals surface area contributed by atoms with Crippen LogP contribution in [0, 0.1) is 5.82 Å². The molecule has 146 valence electrons. The van der Waals surface area contributed by atoms with Gasteiger partial charge in [-0.2, -0.15) is 0 Å². The molecular formula is C19H22ClFN2O4. The van der Waals surface area contributed by atoms with E-state index < -0.39 is 11.9 Å². The van der Waals surface area contributed by atoms with Crippen molar-refractivity contribution in [3.05, 3.63) is 48.3 Å². The van der Waals surface area contributed by atoms with Gasteiger partial charge in [-0.05, 0) is 37.1 Å². The number of carbonyl (C=O) groups excluding carboxylic acids is 1. The Bertz CT molecular complexity index is 790.